The molecule has 3 rings (SSSR count). The molecule has 130 valence electrons. The van der Waals surface area contributed by atoms with Crippen molar-refractivity contribution in [2.24, 2.45) is 0 Å². The Hall–Kier alpha value is -2.54. The maximum Gasteiger partial charge on any atom is 0.310 e. The number of anilines is 1. The average Bonchev–Trinajstić information content (AvgIpc) is 3.01. The molecule has 0 bridgehead atoms. The van der Waals surface area contributed by atoms with Gasteiger partial charge in [0.1, 0.15) is 6.61 Å². The summed E-state index contributed by atoms with van der Waals surface area (Å²) in [6, 6.07) is 10.6. The topological polar surface area (TPSA) is 73.9 Å². The predicted molar refractivity (Wildman–Crippen MR) is 94.5 cm³/mol. The first kappa shape index (κ1) is 17.3. The molecule has 1 aliphatic rings. The monoisotopic (exact) mass is 405 g/mol. The molecule has 0 spiro atoms. The van der Waals surface area contributed by atoms with E-state index >= 15 is 0 Å². The van der Waals surface area contributed by atoms with Crippen molar-refractivity contribution < 1.29 is 23.8 Å². The van der Waals surface area contributed by atoms with Crippen LogP contribution in [0.4, 0.5) is 5.69 Å². The fourth-order valence-electron chi connectivity index (χ4n) is 2.36. The summed E-state index contributed by atoms with van der Waals surface area (Å²) in [6.07, 6.45) is 0.155. The van der Waals surface area contributed by atoms with Crippen LogP contribution in [0, 0.1) is 0 Å². The number of fused-ring (bicyclic) bond motifs is 1. The minimum Gasteiger partial charge on any atom is -0.461 e. The summed E-state index contributed by atoms with van der Waals surface area (Å²) in [4.78, 5) is 23.0. The van der Waals surface area contributed by atoms with Gasteiger partial charge in [-0.2, -0.15) is 0 Å². The number of rotatable bonds is 5. The molecule has 0 radical (unpaired) electrons. The zero-order chi connectivity index (χ0) is 17.8. The molecule has 0 saturated heterocycles. The number of nitrogens with one attached hydrogen (secondary N) is 1. The van der Waals surface area contributed by atoms with Crippen LogP contribution in [0.25, 0.3) is 0 Å². The summed E-state index contributed by atoms with van der Waals surface area (Å²) in [6.45, 7) is 1.78. The van der Waals surface area contributed by atoms with Gasteiger partial charge in [0, 0.05) is 22.6 Å². The van der Waals surface area contributed by atoms with E-state index in [4.69, 9.17) is 14.2 Å². The van der Waals surface area contributed by atoms with Gasteiger partial charge in [0.25, 0.3) is 0 Å². The Labute approximate surface area is 153 Å². The van der Waals surface area contributed by atoms with Gasteiger partial charge in [-0.05, 0) is 29.8 Å². The van der Waals surface area contributed by atoms with E-state index in [-0.39, 0.29) is 31.7 Å². The summed E-state index contributed by atoms with van der Waals surface area (Å²) in [5, 5.41) is 2.68. The second kappa shape index (κ2) is 7.57. The molecule has 1 heterocycles. The van der Waals surface area contributed by atoms with E-state index in [9.17, 15) is 9.59 Å². The third-order valence-corrected chi connectivity index (χ3v) is 4.29. The lowest BCUT2D eigenvalue weighted by atomic mass is 10.1. The number of amides is 1. The number of ether oxygens (including phenoxy) is 3. The first-order chi connectivity index (χ1) is 12.0. The predicted octanol–water partition coefficient (Wildman–Crippen LogP) is 3.42. The van der Waals surface area contributed by atoms with Gasteiger partial charge in [-0.1, -0.05) is 28.1 Å². The molecule has 1 amide bonds. The van der Waals surface area contributed by atoms with E-state index in [0.717, 1.165) is 15.6 Å². The smallest absolute Gasteiger partial charge is 0.310 e. The van der Waals surface area contributed by atoms with Crippen LogP contribution < -0.4 is 14.8 Å². The molecule has 0 atom stereocenters. The lowest BCUT2D eigenvalue weighted by Gasteiger charge is -2.09. The largest absolute Gasteiger partial charge is 0.461 e. The minimum atomic E-state index is -0.336. The quantitative estimate of drug-likeness (QED) is 0.771. The molecule has 1 N–H and O–H groups in total. The summed E-state index contributed by atoms with van der Waals surface area (Å²) < 4.78 is 16.7. The van der Waals surface area contributed by atoms with Gasteiger partial charge in [-0.25, -0.2) is 0 Å². The Bertz CT molecular complexity index is 804. The summed E-state index contributed by atoms with van der Waals surface area (Å²) in [5.41, 5.74) is 2.30. The highest BCUT2D eigenvalue weighted by Crippen LogP contribution is 2.37. The second-order valence-corrected chi connectivity index (χ2v) is 6.37. The Morgan fingerprint density at radius 1 is 1.16 bits per heavy atom. The molecule has 1 aliphatic heterocycles. The van der Waals surface area contributed by atoms with Crippen molar-refractivity contribution in [1.29, 1.82) is 0 Å². The van der Waals surface area contributed by atoms with E-state index < -0.39 is 0 Å². The number of benzene rings is 2. The van der Waals surface area contributed by atoms with Crippen LogP contribution in [0.1, 0.15) is 18.1 Å². The Balaban J connectivity index is 1.55. The number of halogens is 1. The van der Waals surface area contributed by atoms with E-state index in [2.05, 4.69) is 21.2 Å². The molecular formula is C18H16BrNO5. The fraction of sp³-hybridized carbons (Fsp3) is 0.222. The van der Waals surface area contributed by atoms with Crippen molar-refractivity contribution in [3.05, 3.63) is 52.0 Å². The van der Waals surface area contributed by atoms with E-state index in [1.165, 1.54) is 6.92 Å². The normalized spacial score (nSPS) is 11.9. The van der Waals surface area contributed by atoms with Gasteiger partial charge < -0.3 is 19.5 Å². The minimum absolute atomic E-state index is 0.138. The van der Waals surface area contributed by atoms with Crippen molar-refractivity contribution in [3.63, 3.8) is 0 Å². The molecular weight excluding hydrogens is 390 g/mol. The van der Waals surface area contributed by atoms with E-state index in [0.29, 0.717) is 17.2 Å². The summed E-state index contributed by atoms with van der Waals surface area (Å²) in [7, 11) is 0. The molecule has 0 aromatic heterocycles. The highest BCUT2D eigenvalue weighted by atomic mass is 79.9. The van der Waals surface area contributed by atoms with Crippen molar-refractivity contribution >= 4 is 33.5 Å². The van der Waals surface area contributed by atoms with Crippen LogP contribution in [0.5, 0.6) is 11.5 Å². The molecule has 7 heteroatoms. The second-order valence-electron chi connectivity index (χ2n) is 5.51. The Morgan fingerprint density at radius 3 is 2.52 bits per heavy atom. The summed E-state index contributed by atoms with van der Waals surface area (Å²) in [5.74, 6) is 0.835. The third kappa shape index (κ3) is 4.51. The Kier molecular flexibility index (Phi) is 5.23. The van der Waals surface area contributed by atoms with Crippen LogP contribution in [0.2, 0.25) is 0 Å². The van der Waals surface area contributed by atoms with Crippen LogP contribution in [-0.4, -0.2) is 18.7 Å². The highest BCUT2D eigenvalue weighted by molar-refractivity contribution is 9.10. The van der Waals surface area contributed by atoms with Gasteiger partial charge in [-0.3, -0.25) is 9.59 Å². The average molecular weight is 406 g/mol. The van der Waals surface area contributed by atoms with Gasteiger partial charge in [0.2, 0.25) is 12.7 Å². The van der Waals surface area contributed by atoms with Crippen LogP contribution >= 0.6 is 15.9 Å². The lowest BCUT2D eigenvalue weighted by molar-refractivity contribution is -0.144. The first-order valence-corrected chi connectivity index (χ1v) is 8.41. The molecule has 0 saturated carbocycles. The number of hydrogen-bond acceptors (Lipinski definition) is 5. The summed E-state index contributed by atoms with van der Waals surface area (Å²) >= 11 is 3.43. The van der Waals surface area contributed by atoms with Crippen LogP contribution in [0.15, 0.2) is 40.9 Å². The number of hydrogen-bond donors (Lipinski definition) is 1. The van der Waals surface area contributed by atoms with E-state index in [1.54, 1.807) is 36.4 Å². The highest BCUT2D eigenvalue weighted by Gasteiger charge is 2.17. The molecule has 0 aliphatic carbocycles. The van der Waals surface area contributed by atoms with Crippen molar-refractivity contribution in [2.75, 3.05) is 12.1 Å². The van der Waals surface area contributed by atoms with Crippen molar-refractivity contribution in [3.8, 4) is 11.5 Å². The number of carbonyl (C=O) groups excluding carboxylic acids is 2. The molecule has 6 nitrogen and oxygen atoms in total. The van der Waals surface area contributed by atoms with Gasteiger partial charge >= 0.3 is 5.97 Å². The van der Waals surface area contributed by atoms with Crippen molar-refractivity contribution in [2.45, 2.75) is 20.0 Å². The van der Waals surface area contributed by atoms with Crippen LogP contribution in [0.3, 0.4) is 0 Å². The number of carbonyl (C=O) groups is 2. The maximum atomic E-state index is 12.0. The fourth-order valence-corrected chi connectivity index (χ4v) is 2.79. The Morgan fingerprint density at radius 2 is 1.84 bits per heavy atom. The van der Waals surface area contributed by atoms with Gasteiger partial charge in [0.05, 0.1) is 6.42 Å². The zero-order valence-electron chi connectivity index (χ0n) is 13.5. The third-order valence-electron chi connectivity index (χ3n) is 3.55. The standard InChI is InChI=1S/C18H16BrNO5/c1-11(21)20-14-4-2-12(3-5-14)6-18(22)23-9-13-7-16-17(8-15(13)19)25-10-24-16/h2-5,7-8H,6,9-10H2,1H3,(H,20,21). The maximum absolute atomic E-state index is 12.0. The van der Waals surface area contributed by atoms with Crippen LogP contribution in [-0.2, 0) is 27.4 Å². The first-order valence-electron chi connectivity index (χ1n) is 7.61. The molecule has 0 unspecified atom stereocenters. The molecule has 25 heavy (non-hydrogen) atoms. The van der Waals surface area contributed by atoms with Crippen molar-refractivity contribution in [1.82, 2.24) is 0 Å². The molecule has 0 fully saturated rings. The molecule has 2 aromatic rings. The lowest BCUT2D eigenvalue weighted by Crippen LogP contribution is -2.09. The number of esters is 1. The van der Waals surface area contributed by atoms with Gasteiger partial charge in [-0.15, -0.1) is 0 Å². The zero-order valence-corrected chi connectivity index (χ0v) is 15.1. The molecule has 2 aromatic carbocycles. The van der Waals surface area contributed by atoms with E-state index in [1.807, 2.05) is 0 Å². The van der Waals surface area contributed by atoms with Gasteiger partial charge in [0.15, 0.2) is 11.5 Å². The SMILES string of the molecule is CC(=O)Nc1ccc(CC(=O)OCc2cc3c(cc2Br)OCO3)cc1.